The average molecular weight is 335 g/mol. The van der Waals surface area contributed by atoms with E-state index in [1.807, 2.05) is 0 Å². The Labute approximate surface area is 137 Å². The van der Waals surface area contributed by atoms with Gasteiger partial charge in [-0.25, -0.2) is 9.78 Å². The van der Waals surface area contributed by atoms with Gasteiger partial charge in [0.25, 0.3) is 5.56 Å². The van der Waals surface area contributed by atoms with Crippen molar-refractivity contribution in [3.63, 3.8) is 0 Å². The molecule has 0 radical (unpaired) electrons. The Morgan fingerprint density at radius 2 is 1.88 bits per heavy atom. The van der Waals surface area contributed by atoms with Crippen molar-refractivity contribution >= 4 is 22.9 Å². The summed E-state index contributed by atoms with van der Waals surface area (Å²) in [5.74, 6) is -0.446. The van der Waals surface area contributed by atoms with Crippen molar-refractivity contribution < 1.29 is 9.59 Å². The van der Waals surface area contributed by atoms with Gasteiger partial charge >= 0.3 is 5.69 Å². The van der Waals surface area contributed by atoms with Crippen molar-refractivity contribution in [2.75, 3.05) is 6.54 Å². The van der Waals surface area contributed by atoms with Crippen LogP contribution in [0.1, 0.15) is 26.2 Å². The van der Waals surface area contributed by atoms with Crippen molar-refractivity contribution in [2.45, 2.75) is 32.7 Å². The van der Waals surface area contributed by atoms with Gasteiger partial charge in [0, 0.05) is 27.2 Å². The first-order valence-electron chi connectivity index (χ1n) is 7.70. The van der Waals surface area contributed by atoms with Crippen LogP contribution in [0.25, 0.3) is 11.2 Å². The van der Waals surface area contributed by atoms with Gasteiger partial charge in [-0.05, 0) is 19.8 Å². The summed E-state index contributed by atoms with van der Waals surface area (Å²) in [6.07, 6.45) is 2.86. The Morgan fingerprint density at radius 1 is 1.17 bits per heavy atom. The van der Waals surface area contributed by atoms with Crippen LogP contribution in [-0.2, 0) is 30.2 Å². The number of carbonyl (C=O) groups excluding carboxylic acids is 2. The molecule has 0 aliphatic carbocycles. The lowest BCUT2D eigenvalue weighted by Gasteiger charge is -2.07. The van der Waals surface area contributed by atoms with Gasteiger partial charge in [0.15, 0.2) is 11.2 Å². The molecule has 24 heavy (non-hydrogen) atoms. The number of amides is 1. The number of ketones is 1. The van der Waals surface area contributed by atoms with E-state index in [1.165, 1.54) is 18.5 Å². The SMILES string of the molecule is CC(=O)CC(=O)NCCCCn1cnc2c1c(=O)n(C)c(=O)n2C. The van der Waals surface area contributed by atoms with Crippen LogP contribution >= 0.6 is 0 Å². The van der Waals surface area contributed by atoms with Crippen LogP contribution in [0.4, 0.5) is 0 Å². The Hall–Kier alpha value is -2.71. The molecular formula is C15H21N5O4. The van der Waals surface area contributed by atoms with E-state index in [0.29, 0.717) is 30.7 Å². The molecule has 0 aliphatic rings. The number of nitrogens with zero attached hydrogens (tertiary/aromatic N) is 4. The molecule has 130 valence electrons. The molecule has 0 aliphatic heterocycles. The molecular weight excluding hydrogens is 314 g/mol. The zero-order chi connectivity index (χ0) is 17.9. The molecule has 1 N–H and O–H groups in total. The summed E-state index contributed by atoms with van der Waals surface area (Å²) in [7, 11) is 3.01. The van der Waals surface area contributed by atoms with E-state index in [9.17, 15) is 19.2 Å². The first-order chi connectivity index (χ1) is 11.3. The Kier molecular flexibility index (Phi) is 5.32. The monoisotopic (exact) mass is 335 g/mol. The quantitative estimate of drug-likeness (QED) is 0.532. The summed E-state index contributed by atoms with van der Waals surface area (Å²) in [5, 5.41) is 2.67. The standard InChI is InChI=1S/C15H21N5O4/c1-10(21)8-11(22)16-6-4-5-7-20-9-17-13-12(20)14(23)19(3)15(24)18(13)2/h9H,4-8H2,1-3H3,(H,16,22). The maximum Gasteiger partial charge on any atom is 0.332 e. The van der Waals surface area contributed by atoms with E-state index in [1.54, 1.807) is 17.9 Å². The Balaban J connectivity index is 2.00. The molecule has 2 aromatic heterocycles. The number of hydrogen-bond donors (Lipinski definition) is 1. The maximum atomic E-state index is 12.3. The van der Waals surface area contributed by atoms with Crippen molar-refractivity contribution in [3.8, 4) is 0 Å². The Bertz CT molecular complexity index is 890. The number of hydrogen-bond acceptors (Lipinski definition) is 5. The predicted molar refractivity (Wildman–Crippen MR) is 87.8 cm³/mol. The van der Waals surface area contributed by atoms with Crippen LogP contribution in [0.15, 0.2) is 15.9 Å². The lowest BCUT2D eigenvalue weighted by molar-refractivity contribution is -0.127. The molecule has 0 spiro atoms. The number of aromatic nitrogens is 4. The van der Waals surface area contributed by atoms with Crippen LogP contribution in [0.2, 0.25) is 0 Å². The Morgan fingerprint density at radius 3 is 2.54 bits per heavy atom. The minimum Gasteiger partial charge on any atom is -0.356 e. The summed E-state index contributed by atoms with van der Waals surface area (Å²) in [6.45, 7) is 2.39. The number of fused-ring (bicyclic) bond motifs is 1. The predicted octanol–water partition coefficient (Wildman–Crippen LogP) is -0.691. The lowest BCUT2D eigenvalue weighted by Crippen LogP contribution is -2.37. The molecule has 0 atom stereocenters. The molecule has 0 bridgehead atoms. The zero-order valence-electron chi connectivity index (χ0n) is 14.0. The molecule has 0 unspecified atom stereocenters. The molecule has 0 aromatic carbocycles. The van der Waals surface area contributed by atoms with E-state index in [0.717, 1.165) is 11.0 Å². The fraction of sp³-hybridized carbons (Fsp3) is 0.533. The van der Waals surface area contributed by atoms with Crippen LogP contribution in [0.3, 0.4) is 0 Å². The minimum atomic E-state index is -0.411. The van der Waals surface area contributed by atoms with Crippen molar-refractivity contribution in [2.24, 2.45) is 14.1 Å². The van der Waals surface area contributed by atoms with Crippen molar-refractivity contribution in [1.29, 1.82) is 0 Å². The second-order valence-corrected chi connectivity index (χ2v) is 5.75. The first-order valence-corrected chi connectivity index (χ1v) is 7.70. The second-order valence-electron chi connectivity index (χ2n) is 5.75. The highest BCUT2D eigenvalue weighted by molar-refractivity contribution is 5.96. The van der Waals surface area contributed by atoms with E-state index in [2.05, 4.69) is 10.3 Å². The number of imidazole rings is 1. The molecule has 9 nitrogen and oxygen atoms in total. The molecule has 0 saturated heterocycles. The van der Waals surface area contributed by atoms with E-state index >= 15 is 0 Å². The van der Waals surface area contributed by atoms with Gasteiger partial charge in [-0.3, -0.25) is 23.5 Å². The number of carbonyl (C=O) groups is 2. The molecule has 2 heterocycles. The van der Waals surface area contributed by atoms with Gasteiger partial charge in [-0.15, -0.1) is 0 Å². The van der Waals surface area contributed by atoms with Crippen LogP contribution < -0.4 is 16.6 Å². The molecule has 0 saturated carbocycles. The third kappa shape index (κ3) is 3.61. The van der Waals surface area contributed by atoms with E-state index in [4.69, 9.17) is 0 Å². The molecule has 2 aromatic rings. The molecule has 2 rings (SSSR count). The summed E-state index contributed by atoms with van der Waals surface area (Å²) in [5.41, 5.74) is -0.0376. The van der Waals surface area contributed by atoms with Gasteiger partial charge < -0.3 is 9.88 Å². The normalized spacial score (nSPS) is 11.0. The highest BCUT2D eigenvalue weighted by Crippen LogP contribution is 2.06. The van der Waals surface area contributed by atoms with E-state index in [-0.39, 0.29) is 23.7 Å². The fourth-order valence-corrected chi connectivity index (χ4v) is 2.49. The topological polar surface area (TPSA) is 108 Å². The highest BCUT2D eigenvalue weighted by Gasteiger charge is 2.13. The second kappa shape index (κ2) is 7.24. The third-order valence-corrected chi connectivity index (χ3v) is 3.77. The number of nitrogens with one attached hydrogen (secondary N) is 1. The average Bonchev–Trinajstić information content (AvgIpc) is 2.94. The number of unbranched alkanes of at least 4 members (excludes halogenated alkanes) is 1. The van der Waals surface area contributed by atoms with E-state index < -0.39 is 5.69 Å². The van der Waals surface area contributed by atoms with Crippen LogP contribution in [0, 0.1) is 0 Å². The highest BCUT2D eigenvalue weighted by atomic mass is 16.2. The number of Topliss-reactive ketones (excluding diaryl/α,β-unsaturated/α-hetero) is 1. The number of rotatable bonds is 7. The fourth-order valence-electron chi connectivity index (χ4n) is 2.49. The summed E-state index contributed by atoms with van der Waals surface area (Å²) < 4.78 is 4.12. The first kappa shape index (κ1) is 17.6. The van der Waals surface area contributed by atoms with Gasteiger partial charge in [-0.1, -0.05) is 0 Å². The largest absolute Gasteiger partial charge is 0.356 e. The molecule has 9 heteroatoms. The molecule has 1 amide bonds. The van der Waals surface area contributed by atoms with Gasteiger partial charge in [-0.2, -0.15) is 0 Å². The van der Waals surface area contributed by atoms with Crippen molar-refractivity contribution in [1.82, 2.24) is 24.0 Å². The smallest absolute Gasteiger partial charge is 0.332 e. The van der Waals surface area contributed by atoms with Gasteiger partial charge in [0.2, 0.25) is 5.91 Å². The summed E-state index contributed by atoms with van der Waals surface area (Å²) in [4.78, 5) is 50.4. The van der Waals surface area contributed by atoms with Crippen LogP contribution in [-0.4, -0.2) is 36.9 Å². The van der Waals surface area contributed by atoms with Crippen LogP contribution in [0.5, 0.6) is 0 Å². The van der Waals surface area contributed by atoms with Crippen molar-refractivity contribution in [3.05, 3.63) is 27.2 Å². The summed E-state index contributed by atoms with van der Waals surface area (Å²) >= 11 is 0. The molecule has 0 fully saturated rings. The minimum absolute atomic E-state index is 0.101. The lowest BCUT2D eigenvalue weighted by atomic mass is 10.2. The zero-order valence-corrected chi connectivity index (χ0v) is 14.0. The van der Waals surface area contributed by atoms with Gasteiger partial charge in [0.05, 0.1) is 12.7 Å². The third-order valence-electron chi connectivity index (χ3n) is 3.77. The summed E-state index contributed by atoms with van der Waals surface area (Å²) in [6, 6.07) is 0. The van der Waals surface area contributed by atoms with Gasteiger partial charge in [0.1, 0.15) is 5.78 Å². The number of aryl methyl sites for hydroxylation is 2. The maximum absolute atomic E-state index is 12.3.